The molecule has 0 radical (unpaired) electrons. The first kappa shape index (κ1) is 25.6. The number of amides is 4. The Labute approximate surface area is 193 Å². The van der Waals surface area contributed by atoms with Gasteiger partial charge in [0, 0.05) is 38.0 Å². The smallest absolute Gasteiger partial charge is 0.407 e. The lowest BCUT2D eigenvalue weighted by Crippen LogP contribution is -2.47. The molecule has 2 unspecified atom stereocenters. The first-order valence-corrected chi connectivity index (χ1v) is 11.8. The third-order valence-electron chi connectivity index (χ3n) is 4.88. The van der Waals surface area contributed by atoms with Crippen LogP contribution >= 0.6 is 11.3 Å². The Bertz CT molecular complexity index is 791. The highest BCUT2D eigenvalue weighted by atomic mass is 32.1. The van der Waals surface area contributed by atoms with Crippen LogP contribution in [0.3, 0.4) is 0 Å². The first-order chi connectivity index (χ1) is 15.0. The number of piperidine rings is 1. The number of nitrogens with zero attached hydrogens (tertiary/aromatic N) is 1. The summed E-state index contributed by atoms with van der Waals surface area (Å²) >= 11 is 1.49. The molecule has 1 fully saturated rings. The highest BCUT2D eigenvalue weighted by molar-refractivity contribution is 7.10. The molecule has 0 aromatic carbocycles. The molecule has 0 saturated carbocycles. The summed E-state index contributed by atoms with van der Waals surface area (Å²) < 4.78 is 5.15. The number of carbonyl (C=O) groups is 4. The number of alkyl carbamates (subject to hydrolysis) is 1. The van der Waals surface area contributed by atoms with Crippen LogP contribution in [0.5, 0.6) is 0 Å². The average Bonchev–Trinajstić information content (AvgIpc) is 3.24. The topological polar surface area (TPSA) is 117 Å². The maximum atomic E-state index is 12.9. The summed E-state index contributed by atoms with van der Waals surface area (Å²) in [5.41, 5.74) is -0.576. The van der Waals surface area contributed by atoms with E-state index in [2.05, 4.69) is 16.0 Å². The molecule has 1 aromatic heterocycles. The van der Waals surface area contributed by atoms with Crippen LogP contribution in [0.1, 0.15) is 57.9 Å². The lowest BCUT2D eigenvalue weighted by Gasteiger charge is -2.33. The lowest BCUT2D eigenvalue weighted by atomic mass is 9.96. The van der Waals surface area contributed by atoms with Gasteiger partial charge >= 0.3 is 6.09 Å². The van der Waals surface area contributed by atoms with Gasteiger partial charge in [-0.2, -0.15) is 0 Å². The second-order valence-corrected chi connectivity index (χ2v) is 9.85. The highest BCUT2D eigenvalue weighted by Gasteiger charge is 2.30. The average molecular weight is 467 g/mol. The number of nitrogens with one attached hydrogen (secondary N) is 3. The summed E-state index contributed by atoms with van der Waals surface area (Å²) in [5, 5.41) is 10.2. The standard InChI is InChI=1S/C22H34N4O5S/c1-15(27)25-17(18-8-6-12-32-18)13-19(28)26-11-5-7-16(14-26)20(29)23-9-10-24-21(30)31-22(2,3)4/h6,8,12,16-17H,5,7,9-11,13-14H2,1-4H3,(H,23,29)(H,24,30)(H,25,27). The van der Waals surface area contributed by atoms with E-state index in [1.807, 2.05) is 17.5 Å². The number of hydrogen-bond acceptors (Lipinski definition) is 6. The van der Waals surface area contributed by atoms with Crippen molar-refractivity contribution in [1.82, 2.24) is 20.9 Å². The lowest BCUT2D eigenvalue weighted by molar-refractivity contribution is -0.136. The van der Waals surface area contributed by atoms with E-state index in [0.29, 0.717) is 19.5 Å². The maximum absolute atomic E-state index is 12.9. The van der Waals surface area contributed by atoms with Crippen molar-refractivity contribution in [3.63, 3.8) is 0 Å². The monoisotopic (exact) mass is 466 g/mol. The van der Waals surface area contributed by atoms with Gasteiger partial charge in [-0.25, -0.2) is 4.79 Å². The van der Waals surface area contributed by atoms with Crippen molar-refractivity contribution in [3.8, 4) is 0 Å². The highest BCUT2D eigenvalue weighted by Crippen LogP contribution is 2.25. The summed E-state index contributed by atoms with van der Waals surface area (Å²) in [6.07, 6.45) is 1.08. The number of hydrogen-bond donors (Lipinski definition) is 3. The Morgan fingerprint density at radius 1 is 1.22 bits per heavy atom. The second kappa shape index (κ2) is 11.8. The molecule has 2 atom stereocenters. The summed E-state index contributed by atoms with van der Waals surface area (Å²) in [7, 11) is 0. The second-order valence-electron chi connectivity index (χ2n) is 8.87. The predicted molar refractivity (Wildman–Crippen MR) is 122 cm³/mol. The number of thiophene rings is 1. The van der Waals surface area contributed by atoms with Crippen molar-refractivity contribution in [2.45, 2.75) is 58.6 Å². The minimum atomic E-state index is -0.576. The predicted octanol–water partition coefficient (Wildman–Crippen LogP) is 2.19. The van der Waals surface area contributed by atoms with E-state index >= 15 is 0 Å². The molecular formula is C22H34N4O5S. The molecule has 178 valence electrons. The Balaban J connectivity index is 1.80. The van der Waals surface area contributed by atoms with Crippen molar-refractivity contribution in [3.05, 3.63) is 22.4 Å². The van der Waals surface area contributed by atoms with Crippen LogP contribution in [0.15, 0.2) is 17.5 Å². The van der Waals surface area contributed by atoms with E-state index in [1.165, 1.54) is 18.3 Å². The minimum absolute atomic E-state index is 0.0822. The number of likely N-dealkylation sites (tertiary alicyclic amines) is 1. The van der Waals surface area contributed by atoms with Gasteiger partial charge in [-0.1, -0.05) is 6.07 Å². The molecule has 2 heterocycles. The van der Waals surface area contributed by atoms with Gasteiger partial charge in [-0.3, -0.25) is 14.4 Å². The van der Waals surface area contributed by atoms with Gasteiger partial charge in [-0.05, 0) is 45.1 Å². The van der Waals surface area contributed by atoms with Gasteiger partial charge < -0.3 is 25.6 Å². The van der Waals surface area contributed by atoms with Gasteiger partial charge in [0.15, 0.2) is 0 Å². The zero-order valence-electron chi connectivity index (χ0n) is 19.2. The molecular weight excluding hydrogens is 432 g/mol. The normalized spacial score (nSPS) is 17.2. The van der Waals surface area contributed by atoms with E-state index in [1.54, 1.807) is 25.7 Å². The van der Waals surface area contributed by atoms with Gasteiger partial charge in [0.05, 0.1) is 18.4 Å². The first-order valence-electron chi connectivity index (χ1n) is 10.9. The van der Waals surface area contributed by atoms with Gasteiger partial charge in [-0.15, -0.1) is 11.3 Å². The van der Waals surface area contributed by atoms with Crippen LogP contribution in [0.4, 0.5) is 4.79 Å². The number of ether oxygens (including phenoxy) is 1. The van der Waals surface area contributed by atoms with E-state index in [-0.39, 0.29) is 49.2 Å². The third kappa shape index (κ3) is 8.86. The fourth-order valence-corrected chi connectivity index (χ4v) is 4.27. The van der Waals surface area contributed by atoms with E-state index in [9.17, 15) is 19.2 Å². The molecule has 0 bridgehead atoms. The molecule has 1 aromatic rings. The molecule has 3 N–H and O–H groups in total. The SMILES string of the molecule is CC(=O)NC(CC(=O)N1CCCC(C(=O)NCCNC(=O)OC(C)(C)C)C1)c1cccs1. The van der Waals surface area contributed by atoms with Crippen molar-refractivity contribution in [2.24, 2.45) is 5.92 Å². The van der Waals surface area contributed by atoms with Crippen LogP contribution in [-0.2, 0) is 19.1 Å². The Hall–Kier alpha value is -2.62. The van der Waals surface area contributed by atoms with E-state index < -0.39 is 11.7 Å². The van der Waals surface area contributed by atoms with Crippen molar-refractivity contribution in [2.75, 3.05) is 26.2 Å². The van der Waals surface area contributed by atoms with Crippen molar-refractivity contribution in [1.29, 1.82) is 0 Å². The van der Waals surface area contributed by atoms with Gasteiger partial charge in [0.25, 0.3) is 0 Å². The molecule has 4 amide bonds. The Morgan fingerprint density at radius 2 is 1.94 bits per heavy atom. The largest absolute Gasteiger partial charge is 0.444 e. The zero-order chi connectivity index (χ0) is 23.7. The summed E-state index contributed by atoms with van der Waals surface area (Å²) in [6, 6.07) is 3.42. The van der Waals surface area contributed by atoms with E-state index in [0.717, 1.165) is 11.3 Å². The van der Waals surface area contributed by atoms with Gasteiger partial charge in [0.1, 0.15) is 5.60 Å². The van der Waals surface area contributed by atoms with Crippen molar-refractivity contribution < 1.29 is 23.9 Å². The van der Waals surface area contributed by atoms with Crippen LogP contribution in [-0.4, -0.2) is 60.5 Å². The van der Waals surface area contributed by atoms with Gasteiger partial charge in [0.2, 0.25) is 17.7 Å². The third-order valence-corrected chi connectivity index (χ3v) is 5.87. The molecule has 1 aliphatic rings. The number of rotatable bonds is 8. The molecule has 0 spiro atoms. The summed E-state index contributed by atoms with van der Waals surface area (Å²) in [4.78, 5) is 51.3. The minimum Gasteiger partial charge on any atom is -0.444 e. The summed E-state index contributed by atoms with van der Waals surface area (Å²) in [6.45, 7) is 8.27. The quantitative estimate of drug-likeness (QED) is 0.508. The van der Waals surface area contributed by atoms with Crippen LogP contribution in [0, 0.1) is 5.92 Å². The Kier molecular flexibility index (Phi) is 9.49. The fourth-order valence-electron chi connectivity index (χ4n) is 3.49. The van der Waals surface area contributed by atoms with Crippen LogP contribution < -0.4 is 16.0 Å². The molecule has 1 saturated heterocycles. The summed E-state index contributed by atoms with van der Waals surface area (Å²) in [5.74, 6) is -0.700. The van der Waals surface area contributed by atoms with Crippen molar-refractivity contribution >= 4 is 35.2 Å². The Morgan fingerprint density at radius 3 is 2.56 bits per heavy atom. The molecule has 2 rings (SSSR count). The fraction of sp³-hybridized carbons (Fsp3) is 0.636. The molecule has 32 heavy (non-hydrogen) atoms. The molecule has 1 aliphatic heterocycles. The maximum Gasteiger partial charge on any atom is 0.407 e. The van der Waals surface area contributed by atoms with Crippen LogP contribution in [0.25, 0.3) is 0 Å². The zero-order valence-corrected chi connectivity index (χ0v) is 20.0. The van der Waals surface area contributed by atoms with Crippen LogP contribution in [0.2, 0.25) is 0 Å². The molecule has 0 aliphatic carbocycles. The molecule has 10 heteroatoms. The van der Waals surface area contributed by atoms with E-state index in [4.69, 9.17) is 4.74 Å². The number of carbonyl (C=O) groups excluding carboxylic acids is 4. The molecule has 9 nitrogen and oxygen atoms in total.